The van der Waals surface area contributed by atoms with Gasteiger partial charge in [0.05, 0.1) is 5.69 Å². The van der Waals surface area contributed by atoms with Crippen molar-refractivity contribution >= 4 is 11.9 Å². The Kier molecular flexibility index (Phi) is 5.36. The number of amides is 1. The summed E-state index contributed by atoms with van der Waals surface area (Å²) in [4.78, 5) is 11.9. The van der Waals surface area contributed by atoms with Crippen molar-refractivity contribution in [1.29, 1.82) is 0 Å². The van der Waals surface area contributed by atoms with Crippen molar-refractivity contribution in [3.63, 3.8) is 0 Å². The largest absolute Gasteiger partial charge is 0.444 e. The predicted molar refractivity (Wildman–Crippen MR) is 80.9 cm³/mol. The molecule has 0 spiro atoms. The van der Waals surface area contributed by atoms with Crippen molar-refractivity contribution in [2.24, 2.45) is 7.05 Å². The fourth-order valence-electron chi connectivity index (χ4n) is 1.98. The summed E-state index contributed by atoms with van der Waals surface area (Å²) < 4.78 is 6.96. The second kappa shape index (κ2) is 6.59. The minimum absolute atomic E-state index is 0.453. The van der Waals surface area contributed by atoms with Crippen molar-refractivity contribution in [2.75, 3.05) is 5.32 Å². The molecule has 0 saturated carbocycles. The highest BCUT2D eigenvalue weighted by Crippen LogP contribution is 2.22. The normalized spacial score (nSPS) is 11.2. The summed E-state index contributed by atoms with van der Waals surface area (Å²) in [5.41, 5.74) is 1.48. The lowest BCUT2D eigenvalue weighted by Crippen LogP contribution is -2.28. The van der Waals surface area contributed by atoms with E-state index < -0.39 is 11.7 Å². The van der Waals surface area contributed by atoms with E-state index in [1.807, 2.05) is 40.8 Å². The number of rotatable bonds is 5. The van der Waals surface area contributed by atoms with Crippen LogP contribution in [0.1, 0.15) is 44.9 Å². The topological polar surface area (TPSA) is 56.2 Å². The molecule has 112 valence electrons. The summed E-state index contributed by atoms with van der Waals surface area (Å²) in [5.74, 6) is 0.709. The van der Waals surface area contributed by atoms with E-state index in [9.17, 15) is 4.79 Å². The first-order valence-electron chi connectivity index (χ1n) is 6.88. The van der Waals surface area contributed by atoms with Gasteiger partial charge in [-0.15, -0.1) is 6.58 Å². The quantitative estimate of drug-likeness (QED) is 0.662. The van der Waals surface area contributed by atoms with Crippen LogP contribution in [0.15, 0.2) is 12.7 Å². The number of ether oxygens (including phenoxy) is 1. The molecule has 1 heterocycles. The van der Waals surface area contributed by atoms with Gasteiger partial charge in [-0.25, -0.2) is 4.79 Å². The number of carbonyl (C=O) groups excluding carboxylic acids is 1. The minimum Gasteiger partial charge on any atom is -0.444 e. The number of anilines is 1. The van der Waals surface area contributed by atoms with Crippen molar-refractivity contribution in [1.82, 2.24) is 9.78 Å². The van der Waals surface area contributed by atoms with E-state index in [0.29, 0.717) is 5.82 Å². The van der Waals surface area contributed by atoms with Gasteiger partial charge in [-0.1, -0.05) is 6.08 Å². The zero-order valence-corrected chi connectivity index (χ0v) is 13.1. The molecule has 0 aliphatic rings. The van der Waals surface area contributed by atoms with Gasteiger partial charge < -0.3 is 4.74 Å². The van der Waals surface area contributed by atoms with E-state index in [2.05, 4.69) is 17.0 Å². The molecule has 0 aromatic carbocycles. The van der Waals surface area contributed by atoms with Gasteiger partial charge in [0.2, 0.25) is 0 Å². The molecule has 0 fully saturated rings. The van der Waals surface area contributed by atoms with Crippen molar-refractivity contribution < 1.29 is 9.53 Å². The maximum atomic E-state index is 11.9. The maximum absolute atomic E-state index is 11.9. The van der Waals surface area contributed by atoms with Gasteiger partial charge in [-0.2, -0.15) is 5.10 Å². The summed E-state index contributed by atoms with van der Waals surface area (Å²) in [6.45, 7) is 11.2. The second-order valence-electron chi connectivity index (χ2n) is 5.84. The zero-order chi connectivity index (χ0) is 15.3. The van der Waals surface area contributed by atoms with E-state index in [0.717, 1.165) is 30.5 Å². The van der Waals surface area contributed by atoms with Crippen molar-refractivity contribution in [2.45, 2.75) is 52.6 Å². The molecule has 1 rings (SSSR count). The van der Waals surface area contributed by atoms with E-state index in [-0.39, 0.29) is 0 Å². The number of allylic oxidation sites excluding steroid dienone is 1. The lowest BCUT2D eigenvalue weighted by atomic mass is 10.1. The molecule has 5 nitrogen and oxygen atoms in total. The summed E-state index contributed by atoms with van der Waals surface area (Å²) in [7, 11) is 1.82. The van der Waals surface area contributed by atoms with Gasteiger partial charge in [0.1, 0.15) is 11.4 Å². The number of hydrogen-bond acceptors (Lipinski definition) is 3. The van der Waals surface area contributed by atoms with E-state index >= 15 is 0 Å². The zero-order valence-electron chi connectivity index (χ0n) is 13.1. The number of hydrogen-bond donors (Lipinski definition) is 1. The lowest BCUT2D eigenvalue weighted by Gasteiger charge is -2.20. The number of nitrogens with zero attached hydrogens (tertiary/aromatic N) is 2. The Morgan fingerprint density at radius 2 is 2.15 bits per heavy atom. The first kappa shape index (κ1) is 16.3. The third-order valence-corrected chi connectivity index (χ3v) is 2.80. The van der Waals surface area contributed by atoms with Gasteiger partial charge in [-0.3, -0.25) is 10.00 Å². The van der Waals surface area contributed by atoms with Crippen LogP contribution in [0.3, 0.4) is 0 Å². The highest BCUT2D eigenvalue weighted by Gasteiger charge is 2.20. The molecule has 0 radical (unpaired) electrons. The van der Waals surface area contributed by atoms with Crippen LogP contribution < -0.4 is 5.32 Å². The van der Waals surface area contributed by atoms with Gasteiger partial charge in [0, 0.05) is 12.6 Å². The predicted octanol–water partition coefficient (Wildman–Crippen LogP) is 3.58. The fraction of sp³-hybridized carbons (Fsp3) is 0.600. The molecule has 1 amide bonds. The summed E-state index contributed by atoms with van der Waals surface area (Å²) >= 11 is 0. The molecule has 0 saturated heterocycles. The fourth-order valence-corrected chi connectivity index (χ4v) is 1.98. The molecule has 0 aliphatic heterocycles. The third kappa shape index (κ3) is 4.72. The third-order valence-electron chi connectivity index (χ3n) is 2.80. The number of carbonyl (C=O) groups is 1. The van der Waals surface area contributed by atoms with E-state index in [1.54, 1.807) is 4.68 Å². The molecule has 1 aromatic rings. The molecule has 1 aromatic heterocycles. The molecule has 5 heteroatoms. The minimum atomic E-state index is -0.513. The summed E-state index contributed by atoms with van der Waals surface area (Å²) in [5, 5.41) is 7.16. The number of nitrogens with one attached hydrogen (secondary N) is 1. The van der Waals surface area contributed by atoms with E-state index in [4.69, 9.17) is 4.74 Å². The van der Waals surface area contributed by atoms with Gasteiger partial charge in [-0.05, 0) is 47.0 Å². The van der Waals surface area contributed by atoms with Crippen LogP contribution in [0, 0.1) is 6.92 Å². The van der Waals surface area contributed by atoms with Crippen LogP contribution in [-0.4, -0.2) is 21.5 Å². The second-order valence-corrected chi connectivity index (χ2v) is 5.84. The monoisotopic (exact) mass is 279 g/mol. The Bertz CT molecular complexity index is 484. The maximum Gasteiger partial charge on any atom is 0.413 e. The SMILES string of the molecule is C=CCCCc1c(C)nn(C)c1NC(=O)OC(C)(C)C. The highest BCUT2D eigenvalue weighted by molar-refractivity contribution is 5.85. The lowest BCUT2D eigenvalue weighted by molar-refractivity contribution is 0.0634. The highest BCUT2D eigenvalue weighted by atomic mass is 16.6. The standard InChI is InChI=1S/C15H25N3O2/c1-7-8-9-10-12-11(2)17-18(6)13(12)16-14(19)20-15(3,4)5/h7H,1,8-10H2,2-6H3,(H,16,19). The summed E-state index contributed by atoms with van der Waals surface area (Å²) in [6.07, 6.45) is 4.23. The van der Waals surface area contributed by atoms with Crippen LogP contribution >= 0.6 is 0 Å². The van der Waals surface area contributed by atoms with Gasteiger partial charge in [0.15, 0.2) is 0 Å². The molecule has 1 N–H and O–H groups in total. The number of aryl methyl sites for hydroxylation is 2. The van der Waals surface area contributed by atoms with Gasteiger partial charge in [0.25, 0.3) is 0 Å². The summed E-state index contributed by atoms with van der Waals surface area (Å²) in [6, 6.07) is 0. The Morgan fingerprint density at radius 3 is 2.70 bits per heavy atom. The average molecular weight is 279 g/mol. The molecular weight excluding hydrogens is 254 g/mol. The van der Waals surface area contributed by atoms with Gasteiger partial charge >= 0.3 is 6.09 Å². The first-order valence-corrected chi connectivity index (χ1v) is 6.88. The Hall–Kier alpha value is -1.78. The Morgan fingerprint density at radius 1 is 1.50 bits per heavy atom. The molecule has 0 atom stereocenters. The smallest absolute Gasteiger partial charge is 0.413 e. The molecule has 0 aliphatic carbocycles. The van der Waals surface area contributed by atoms with Crippen LogP contribution in [0.5, 0.6) is 0 Å². The number of unbranched alkanes of at least 4 members (excludes halogenated alkanes) is 1. The first-order chi connectivity index (χ1) is 9.24. The van der Waals surface area contributed by atoms with Crippen LogP contribution in [0.25, 0.3) is 0 Å². The van der Waals surface area contributed by atoms with Crippen LogP contribution in [-0.2, 0) is 18.2 Å². The molecule has 0 bridgehead atoms. The van der Waals surface area contributed by atoms with E-state index in [1.165, 1.54) is 0 Å². The Labute approximate surface area is 121 Å². The molecular formula is C15H25N3O2. The van der Waals surface area contributed by atoms with Crippen LogP contribution in [0.2, 0.25) is 0 Å². The Balaban J connectivity index is 2.82. The number of aromatic nitrogens is 2. The van der Waals surface area contributed by atoms with Crippen molar-refractivity contribution in [3.05, 3.63) is 23.9 Å². The van der Waals surface area contributed by atoms with Crippen LogP contribution in [0.4, 0.5) is 10.6 Å². The molecule has 0 unspecified atom stereocenters. The average Bonchev–Trinajstić information content (AvgIpc) is 2.53. The molecule has 20 heavy (non-hydrogen) atoms. The van der Waals surface area contributed by atoms with Crippen molar-refractivity contribution in [3.8, 4) is 0 Å².